The van der Waals surface area contributed by atoms with Gasteiger partial charge in [-0.2, -0.15) is 0 Å². The minimum absolute atomic E-state index is 0. The third-order valence-corrected chi connectivity index (χ3v) is 6.81. The van der Waals surface area contributed by atoms with Gasteiger partial charge in [0, 0.05) is 19.2 Å². The van der Waals surface area contributed by atoms with Gasteiger partial charge in [-0.05, 0) is 97.9 Å². The Morgan fingerprint density at radius 3 is 1.92 bits per heavy atom. The fourth-order valence-electron chi connectivity index (χ4n) is 4.94. The lowest BCUT2D eigenvalue weighted by molar-refractivity contribution is -0.114. The third-order valence-electron chi connectivity index (χ3n) is 6.81. The van der Waals surface area contributed by atoms with E-state index >= 15 is 0 Å². The number of hydrogen-bond donors (Lipinski definition) is 2. The lowest BCUT2D eigenvalue weighted by atomic mass is 9.72. The fourth-order valence-corrected chi connectivity index (χ4v) is 4.94. The number of likely N-dealkylation sites (tertiary alicyclic amines) is 1. The number of halogens is 3. The molecular weight excluding hydrogens is 514 g/mol. The second-order valence-corrected chi connectivity index (χ2v) is 9.30. The van der Waals surface area contributed by atoms with Gasteiger partial charge in [-0.15, -0.1) is 12.4 Å². The van der Waals surface area contributed by atoms with Gasteiger partial charge in [0.1, 0.15) is 23.0 Å². The number of carbonyl (C=O) groups is 1. The molecule has 206 valence electrons. The van der Waals surface area contributed by atoms with E-state index in [1.165, 1.54) is 31.2 Å². The maximum Gasteiger partial charge on any atom is 0.221 e. The van der Waals surface area contributed by atoms with Crippen molar-refractivity contribution in [1.82, 2.24) is 4.90 Å². The SMILES string of the molecule is CC(=O)Nc1ccc(OCCCN2CCC(C(O)(c3ccc(F)cc3)c3ccc(F)cc3)CC2)cc1.Cl.O. The number of carbonyl (C=O) groups excluding carboxylic acids is 1. The van der Waals surface area contributed by atoms with Crippen LogP contribution in [0.25, 0.3) is 0 Å². The summed E-state index contributed by atoms with van der Waals surface area (Å²) in [6, 6.07) is 19.2. The summed E-state index contributed by atoms with van der Waals surface area (Å²) < 4.78 is 33.0. The van der Waals surface area contributed by atoms with Crippen LogP contribution in [0.2, 0.25) is 0 Å². The molecule has 1 heterocycles. The molecule has 1 aliphatic rings. The van der Waals surface area contributed by atoms with Crippen molar-refractivity contribution in [2.75, 3.05) is 31.6 Å². The molecule has 0 unspecified atom stereocenters. The Morgan fingerprint density at radius 1 is 0.947 bits per heavy atom. The zero-order chi connectivity index (χ0) is 25.5. The first-order valence-corrected chi connectivity index (χ1v) is 12.3. The van der Waals surface area contributed by atoms with Gasteiger partial charge in [0.2, 0.25) is 5.91 Å². The summed E-state index contributed by atoms with van der Waals surface area (Å²) in [6.07, 6.45) is 2.38. The number of nitrogens with one attached hydrogen (secondary N) is 1. The summed E-state index contributed by atoms with van der Waals surface area (Å²) in [5.74, 6) is -0.155. The van der Waals surface area contributed by atoms with Crippen molar-refractivity contribution in [2.24, 2.45) is 5.92 Å². The lowest BCUT2D eigenvalue weighted by Crippen LogP contribution is -2.44. The molecule has 0 atom stereocenters. The zero-order valence-electron chi connectivity index (χ0n) is 21.3. The molecule has 0 aliphatic carbocycles. The Balaban J connectivity index is 0.00000253. The van der Waals surface area contributed by atoms with E-state index in [2.05, 4.69) is 10.2 Å². The average Bonchev–Trinajstić information content (AvgIpc) is 2.88. The number of benzene rings is 3. The summed E-state index contributed by atoms with van der Waals surface area (Å²) >= 11 is 0. The van der Waals surface area contributed by atoms with Crippen molar-refractivity contribution in [1.29, 1.82) is 0 Å². The Bertz CT molecular complexity index is 1090. The predicted molar refractivity (Wildman–Crippen MR) is 147 cm³/mol. The van der Waals surface area contributed by atoms with Crippen molar-refractivity contribution < 1.29 is 28.9 Å². The number of nitrogens with zero attached hydrogens (tertiary/aromatic N) is 1. The monoisotopic (exact) mass is 548 g/mol. The highest BCUT2D eigenvalue weighted by Crippen LogP contribution is 2.42. The minimum atomic E-state index is -1.32. The Kier molecular flexibility index (Phi) is 11.7. The van der Waals surface area contributed by atoms with Crippen molar-refractivity contribution in [3.63, 3.8) is 0 Å². The maximum absolute atomic E-state index is 13.6. The molecule has 3 aromatic carbocycles. The van der Waals surface area contributed by atoms with Crippen LogP contribution in [0.4, 0.5) is 14.5 Å². The molecular formula is C29H35ClF2N2O4. The molecule has 1 amide bonds. The van der Waals surface area contributed by atoms with E-state index in [0.717, 1.165) is 50.3 Å². The van der Waals surface area contributed by atoms with Gasteiger partial charge in [-0.25, -0.2) is 8.78 Å². The Morgan fingerprint density at radius 2 is 1.45 bits per heavy atom. The van der Waals surface area contributed by atoms with Crippen LogP contribution < -0.4 is 10.1 Å². The number of anilines is 1. The summed E-state index contributed by atoms with van der Waals surface area (Å²) in [6.45, 7) is 4.57. The molecule has 0 bridgehead atoms. The molecule has 1 fully saturated rings. The first-order valence-electron chi connectivity index (χ1n) is 12.3. The maximum atomic E-state index is 13.6. The molecule has 38 heavy (non-hydrogen) atoms. The van der Waals surface area contributed by atoms with Crippen molar-refractivity contribution in [3.8, 4) is 5.75 Å². The predicted octanol–water partition coefficient (Wildman–Crippen LogP) is 4.94. The van der Waals surface area contributed by atoms with Crippen molar-refractivity contribution >= 4 is 24.0 Å². The molecule has 4 N–H and O–H groups in total. The topological polar surface area (TPSA) is 93.3 Å². The summed E-state index contributed by atoms with van der Waals surface area (Å²) in [5.41, 5.74) is 0.651. The zero-order valence-corrected chi connectivity index (χ0v) is 22.1. The van der Waals surface area contributed by atoms with Crippen LogP contribution in [-0.4, -0.2) is 47.6 Å². The quantitative estimate of drug-likeness (QED) is 0.371. The Labute approximate surface area is 228 Å². The Hall–Kier alpha value is -3.04. The number of amides is 1. The number of piperidine rings is 1. The lowest BCUT2D eigenvalue weighted by Gasteiger charge is -2.42. The van der Waals surface area contributed by atoms with Crippen LogP contribution in [0.15, 0.2) is 72.8 Å². The van der Waals surface area contributed by atoms with Crippen molar-refractivity contribution in [2.45, 2.75) is 31.8 Å². The van der Waals surface area contributed by atoms with Crippen LogP contribution >= 0.6 is 12.4 Å². The van der Waals surface area contributed by atoms with Crippen LogP contribution in [0, 0.1) is 17.6 Å². The molecule has 1 saturated heterocycles. The van der Waals surface area contributed by atoms with E-state index in [9.17, 15) is 18.7 Å². The first-order chi connectivity index (χ1) is 17.3. The summed E-state index contributed by atoms with van der Waals surface area (Å²) in [7, 11) is 0. The second kappa shape index (κ2) is 14.2. The van der Waals surface area contributed by atoms with Crippen LogP contribution in [0.1, 0.15) is 37.3 Å². The highest BCUT2D eigenvalue weighted by atomic mass is 35.5. The van der Waals surface area contributed by atoms with E-state index in [1.54, 1.807) is 24.3 Å². The van der Waals surface area contributed by atoms with E-state index in [1.807, 2.05) is 24.3 Å². The molecule has 0 aromatic heterocycles. The van der Waals surface area contributed by atoms with Gasteiger partial charge in [0.15, 0.2) is 0 Å². The largest absolute Gasteiger partial charge is 0.494 e. The van der Waals surface area contributed by atoms with E-state index < -0.39 is 5.60 Å². The third kappa shape index (κ3) is 7.74. The standard InChI is InChI=1S/C29H32F2N2O3.ClH.H2O/c1-21(34)32-27-11-13-28(14-12-27)36-20-2-17-33-18-15-24(16-19-33)29(35,22-3-7-25(30)8-4-22)23-5-9-26(31)10-6-23;;/h3-14,24,35H,2,15-20H2,1H3,(H,32,34);1H;1H2. The summed E-state index contributed by atoms with van der Waals surface area (Å²) in [5, 5.41) is 14.7. The average molecular weight is 549 g/mol. The van der Waals surface area contributed by atoms with Crippen molar-refractivity contribution in [3.05, 3.63) is 95.6 Å². The van der Waals surface area contributed by atoms with Gasteiger partial charge < -0.3 is 25.5 Å². The number of rotatable bonds is 9. The molecule has 1 aliphatic heterocycles. The minimum Gasteiger partial charge on any atom is -0.494 e. The smallest absolute Gasteiger partial charge is 0.221 e. The molecule has 3 aromatic rings. The van der Waals surface area contributed by atoms with Gasteiger partial charge in [0.25, 0.3) is 0 Å². The highest BCUT2D eigenvalue weighted by Gasteiger charge is 2.41. The van der Waals surface area contributed by atoms with Crippen LogP contribution in [-0.2, 0) is 10.4 Å². The molecule has 0 saturated carbocycles. The van der Waals surface area contributed by atoms with E-state index in [0.29, 0.717) is 17.7 Å². The van der Waals surface area contributed by atoms with Crippen LogP contribution in [0.5, 0.6) is 5.75 Å². The molecule has 0 radical (unpaired) electrons. The molecule has 4 rings (SSSR count). The number of ether oxygens (including phenoxy) is 1. The van der Waals surface area contributed by atoms with E-state index in [4.69, 9.17) is 4.74 Å². The fraction of sp³-hybridized carbons (Fsp3) is 0.345. The molecule has 9 heteroatoms. The van der Waals surface area contributed by atoms with Gasteiger partial charge in [-0.1, -0.05) is 24.3 Å². The van der Waals surface area contributed by atoms with Gasteiger partial charge in [-0.3, -0.25) is 4.79 Å². The summed E-state index contributed by atoms with van der Waals surface area (Å²) in [4.78, 5) is 13.5. The van der Waals surface area contributed by atoms with Crippen LogP contribution in [0.3, 0.4) is 0 Å². The van der Waals surface area contributed by atoms with E-state index in [-0.39, 0.29) is 41.3 Å². The normalized spacial score (nSPS) is 14.2. The van der Waals surface area contributed by atoms with Gasteiger partial charge in [0.05, 0.1) is 6.61 Å². The second-order valence-electron chi connectivity index (χ2n) is 9.30. The van der Waals surface area contributed by atoms with Gasteiger partial charge >= 0.3 is 0 Å². The molecule has 6 nitrogen and oxygen atoms in total. The number of hydrogen-bond acceptors (Lipinski definition) is 4. The molecule has 0 spiro atoms. The highest BCUT2D eigenvalue weighted by molar-refractivity contribution is 5.88. The first kappa shape index (κ1) is 31.2. The number of aliphatic hydroxyl groups is 1.